The summed E-state index contributed by atoms with van der Waals surface area (Å²) in [4.78, 5) is 0. The van der Waals surface area contributed by atoms with E-state index in [0.717, 1.165) is 11.1 Å². The van der Waals surface area contributed by atoms with Gasteiger partial charge in [0.2, 0.25) is 0 Å². The van der Waals surface area contributed by atoms with Crippen LogP contribution < -0.4 is 11.3 Å². The standard InChI is InChI=1S/C15H16F2N2/c16-13-5-1-3-11(7-13)9-15(19-18)10-12-4-2-6-14(17)8-12/h1-8,15,19H,9-10,18H2. The Labute approximate surface area is 111 Å². The highest BCUT2D eigenvalue weighted by Gasteiger charge is 2.10. The van der Waals surface area contributed by atoms with Gasteiger partial charge >= 0.3 is 0 Å². The molecule has 0 radical (unpaired) electrons. The molecule has 0 spiro atoms. The number of hydrazine groups is 1. The molecule has 0 saturated carbocycles. The van der Waals surface area contributed by atoms with Crippen LogP contribution in [-0.2, 0) is 12.8 Å². The fourth-order valence-corrected chi connectivity index (χ4v) is 2.09. The lowest BCUT2D eigenvalue weighted by Gasteiger charge is -2.16. The fourth-order valence-electron chi connectivity index (χ4n) is 2.09. The summed E-state index contributed by atoms with van der Waals surface area (Å²) < 4.78 is 26.2. The van der Waals surface area contributed by atoms with Gasteiger partial charge in [-0.2, -0.15) is 0 Å². The molecule has 0 aliphatic rings. The minimum Gasteiger partial charge on any atom is -0.271 e. The summed E-state index contributed by atoms with van der Waals surface area (Å²) in [6, 6.07) is 12.7. The molecule has 0 bridgehead atoms. The summed E-state index contributed by atoms with van der Waals surface area (Å²) in [5.74, 6) is 4.98. The third-order valence-corrected chi connectivity index (χ3v) is 2.98. The molecule has 19 heavy (non-hydrogen) atoms. The first kappa shape index (κ1) is 13.6. The highest BCUT2D eigenvalue weighted by molar-refractivity contribution is 5.20. The van der Waals surface area contributed by atoms with Crippen molar-refractivity contribution in [2.75, 3.05) is 0 Å². The maximum atomic E-state index is 13.1. The van der Waals surface area contributed by atoms with Gasteiger partial charge < -0.3 is 0 Å². The first-order valence-electron chi connectivity index (χ1n) is 6.12. The molecule has 2 aromatic carbocycles. The van der Waals surface area contributed by atoms with Crippen molar-refractivity contribution in [3.05, 3.63) is 71.3 Å². The zero-order valence-corrected chi connectivity index (χ0v) is 10.4. The average molecular weight is 262 g/mol. The lowest BCUT2D eigenvalue weighted by atomic mass is 9.99. The highest BCUT2D eigenvalue weighted by atomic mass is 19.1. The quantitative estimate of drug-likeness (QED) is 0.642. The summed E-state index contributed by atoms with van der Waals surface area (Å²) in [6.45, 7) is 0. The Bertz CT molecular complexity index is 496. The summed E-state index contributed by atoms with van der Waals surface area (Å²) in [5, 5.41) is 0. The number of rotatable bonds is 5. The van der Waals surface area contributed by atoms with Crippen molar-refractivity contribution in [1.82, 2.24) is 5.43 Å². The van der Waals surface area contributed by atoms with E-state index >= 15 is 0 Å². The SMILES string of the molecule is NNC(Cc1cccc(F)c1)Cc1cccc(F)c1. The van der Waals surface area contributed by atoms with Crippen LogP contribution in [0.15, 0.2) is 48.5 Å². The van der Waals surface area contributed by atoms with Gasteiger partial charge in [0.05, 0.1) is 0 Å². The Kier molecular flexibility index (Phi) is 4.60. The normalized spacial score (nSPS) is 10.9. The Morgan fingerprint density at radius 2 is 1.37 bits per heavy atom. The molecule has 0 unspecified atom stereocenters. The van der Waals surface area contributed by atoms with E-state index in [4.69, 9.17) is 5.84 Å². The molecule has 2 nitrogen and oxygen atoms in total. The maximum Gasteiger partial charge on any atom is 0.123 e. The largest absolute Gasteiger partial charge is 0.271 e. The van der Waals surface area contributed by atoms with Crippen molar-refractivity contribution in [1.29, 1.82) is 0 Å². The van der Waals surface area contributed by atoms with Crippen molar-refractivity contribution in [2.24, 2.45) is 5.84 Å². The summed E-state index contributed by atoms with van der Waals surface area (Å²) in [6.07, 6.45) is 1.18. The summed E-state index contributed by atoms with van der Waals surface area (Å²) >= 11 is 0. The number of hydrogen-bond donors (Lipinski definition) is 2. The highest BCUT2D eigenvalue weighted by Crippen LogP contribution is 2.11. The van der Waals surface area contributed by atoms with Crippen LogP contribution >= 0.6 is 0 Å². The van der Waals surface area contributed by atoms with Crippen molar-refractivity contribution < 1.29 is 8.78 Å². The van der Waals surface area contributed by atoms with Gasteiger partial charge in [0.1, 0.15) is 11.6 Å². The smallest absolute Gasteiger partial charge is 0.123 e. The second kappa shape index (κ2) is 6.41. The Hall–Kier alpha value is -1.78. The lowest BCUT2D eigenvalue weighted by molar-refractivity contribution is 0.518. The molecule has 2 rings (SSSR count). The van der Waals surface area contributed by atoms with Crippen LogP contribution in [-0.4, -0.2) is 6.04 Å². The zero-order valence-electron chi connectivity index (χ0n) is 10.4. The van der Waals surface area contributed by atoms with Crippen molar-refractivity contribution in [3.63, 3.8) is 0 Å². The molecule has 0 aromatic heterocycles. The third kappa shape index (κ3) is 4.12. The van der Waals surface area contributed by atoms with E-state index < -0.39 is 0 Å². The van der Waals surface area contributed by atoms with Gasteiger partial charge in [-0.25, -0.2) is 8.78 Å². The lowest BCUT2D eigenvalue weighted by Crippen LogP contribution is -2.38. The van der Waals surface area contributed by atoms with E-state index in [0.29, 0.717) is 12.8 Å². The number of halogens is 2. The van der Waals surface area contributed by atoms with Crippen LogP contribution in [0, 0.1) is 11.6 Å². The van der Waals surface area contributed by atoms with Crippen LogP contribution in [0.3, 0.4) is 0 Å². The summed E-state index contributed by atoms with van der Waals surface area (Å²) in [5.41, 5.74) is 4.41. The molecular formula is C15H16F2N2. The molecule has 4 heteroatoms. The number of nitrogens with one attached hydrogen (secondary N) is 1. The first-order valence-corrected chi connectivity index (χ1v) is 6.12. The van der Waals surface area contributed by atoms with Crippen molar-refractivity contribution in [2.45, 2.75) is 18.9 Å². The Morgan fingerprint density at radius 1 is 0.895 bits per heavy atom. The molecule has 3 N–H and O–H groups in total. The predicted octanol–water partition coefficient (Wildman–Crippen LogP) is 2.58. The van der Waals surface area contributed by atoms with Gasteiger partial charge in [-0.15, -0.1) is 0 Å². The number of nitrogens with two attached hydrogens (primary N) is 1. The second-order valence-electron chi connectivity index (χ2n) is 4.53. The van der Waals surface area contributed by atoms with E-state index in [1.807, 2.05) is 12.1 Å². The molecule has 0 atom stereocenters. The topological polar surface area (TPSA) is 38.0 Å². The van der Waals surface area contributed by atoms with Gasteiger partial charge in [-0.05, 0) is 48.2 Å². The number of hydrogen-bond acceptors (Lipinski definition) is 2. The van der Waals surface area contributed by atoms with Crippen LogP contribution in [0.5, 0.6) is 0 Å². The van der Waals surface area contributed by atoms with Crippen molar-refractivity contribution >= 4 is 0 Å². The van der Waals surface area contributed by atoms with E-state index in [-0.39, 0.29) is 17.7 Å². The maximum absolute atomic E-state index is 13.1. The molecule has 0 saturated heterocycles. The molecule has 0 heterocycles. The van der Waals surface area contributed by atoms with Gasteiger partial charge in [0.15, 0.2) is 0 Å². The first-order chi connectivity index (χ1) is 9.17. The zero-order chi connectivity index (χ0) is 13.7. The fraction of sp³-hybridized carbons (Fsp3) is 0.200. The van der Waals surface area contributed by atoms with Gasteiger partial charge in [0.25, 0.3) is 0 Å². The monoisotopic (exact) mass is 262 g/mol. The molecule has 0 fully saturated rings. The molecule has 2 aromatic rings. The second-order valence-corrected chi connectivity index (χ2v) is 4.53. The van der Waals surface area contributed by atoms with Crippen LogP contribution in [0.4, 0.5) is 8.78 Å². The Balaban J connectivity index is 2.04. The minimum atomic E-state index is -0.265. The predicted molar refractivity (Wildman–Crippen MR) is 71.3 cm³/mol. The van der Waals surface area contributed by atoms with Gasteiger partial charge in [-0.1, -0.05) is 24.3 Å². The van der Waals surface area contributed by atoms with Crippen LogP contribution in [0.2, 0.25) is 0 Å². The van der Waals surface area contributed by atoms with Gasteiger partial charge in [-0.3, -0.25) is 11.3 Å². The molecule has 0 aliphatic heterocycles. The van der Waals surface area contributed by atoms with E-state index in [2.05, 4.69) is 5.43 Å². The molecule has 100 valence electrons. The molecule has 0 aliphatic carbocycles. The van der Waals surface area contributed by atoms with Crippen LogP contribution in [0.1, 0.15) is 11.1 Å². The van der Waals surface area contributed by atoms with Crippen molar-refractivity contribution in [3.8, 4) is 0 Å². The number of benzene rings is 2. The summed E-state index contributed by atoms with van der Waals surface area (Å²) in [7, 11) is 0. The van der Waals surface area contributed by atoms with E-state index in [1.165, 1.54) is 24.3 Å². The van der Waals surface area contributed by atoms with E-state index in [9.17, 15) is 8.78 Å². The minimum absolute atomic E-state index is 0.0661. The third-order valence-electron chi connectivity index (χ3n) is 2.98. The average Bonchev–Trinajstić information content (AvgIpc) is 2.38. The molecule has 0 amide bonds. The van der Waals surface area contributed by atoms with Crippen LogP contribution in [0.25, 0.3) is 0 Å². The Morgan fingerprint density at radius 3 is 1.74 bits per heavy atom. The molecular weight excluding hydrogens is 246 g/mol. The van der Waals surface area contributed by atoms with Gasteiger partial charge in [0, 0.05) is 6.04 Å². The van der Waals surface area contributed by atoms with E-state index in [1.54, 1.807) is 12.1 Å².